The van der Waals surface area contributed by atoms with Gasteiger partial charge >= 0.3 is 0 Å². The van der Waals surface area contributed by atoms with Crippen molar-refractivity contribution in [2.24, 2.45) is 0 Å². The highest BCUT2D eigenvalue weighted by molar-refractivity contribution is 9.10. The Morgan fingerprint density at radius 3 is 2.80 bits per heavy atom. The Hall–Kier alpha value is -1.07. The van der Waals surface area contributed by atoms with Gasteiger partial charge in [-0.25, -0.2) is 0 Å². The molecule has 1 saturated heterocycles. The molecule has 108 valence electrons. The van der Waals surface area contributed by atoms with Gasteiger partial charge in [-0.2, -0.15) is 0 Å². The van der Waals surface area contributed by atoms with E-state index in [0.717, 1.165) is 35.4 Å². The van der Waals surface area contributed by atoms with Crippen LogP contribution in [0, 0.1) is 0 Å². The van der Waals surface area contributed by atoms with Crippen LogP contribution in [0.1, 0.15) is 37.8 Å². The van der Waals surface area contributed by atoms with Gasteiger partial charge in [0, 0.05) is 28.8 Å². The first-order chi connectivity index (χ1) is 9.70. The highest BCUT2D eigenvalue weighted by Crippen LogP contribution is 2.39. The van der Waals surface area contributed by atoms with Gasteiger partial charge in [-0.05, 0) is 53.9 Å². The largest absolute Gasteiger partial charge is 0.371 e. The molecular weight excluding hydrogens is 318 g/mol. The third kappa shape index (κ3) is 2.44. The first-order valence-electron chi connectivity index (χ1n) is 7.33. The molecule has 2 aliphatic heterocycles. The van der Waals surface area contributed by atoms with E-state index in [-0.39, 0.29) is 11.9 Å². The molecule has 0 saturated carbocycles. The van der Waals surface area contributed by atoms with Gasteiger partial charge in [-0.15, -0.1) is 0 Å². The van der Waals surface area contributed by atoms with Gasteiger partial charge in [-0.1, -0.05) is 6.92 Å². The Kier molecular flexibility index (Phi) is 3.98. The number of fused-ring (bicyclic) bond motifs is 1. The number of carbonyl (C=O) groups excluding carboxylic acids is 1. The third-order valence-electron chi connectivity index (χ3n) is 4.06. The summed E-state index contributed by atoms with van der Waals surface area (Å²) < 4.78 is 1.08. The van der Waals surface area contributed by atoms with E-state index in [1.54, 1.807) is 0 Å². The van der Waals surface area contributed by atoms with Crippen LogP contribution in [0.5, 0.6) is 0 Å². The van der Waals surface area contributed by atoms with E-state index in [2.05, 4.69) is 43.6 Å². The summed E-state index contributed by atoms with van der Waals surface area (Å²) >= 11 is 3.68. The summed E-state index contributed by atoms with van der Waals surface area (Å²) in [4.78, 5) is 14.4. The van der Waals surface area contributed by atoms with E-state index in [4.69, 9.17) is 0 Å². The standard InChI is InChI=1S/C15H20BrN3O/c1-2-17-14-10-8-11(16)13(9-12(10)18-15(14)20)19-6-4-3-5-7-19/h8-9,14,17H,2-7H2,1H3,(H,18,20). The van der Waals surface area contributed by atoms with Crippen molar-refractivity contribution in [2.75, 3.05) is 29.9 Å². The van der Waals surface area contributed by atoms with Crippen LogP contribution in [-0.4, -0.2) is 25.5 Å². The summed E-state index contributed by atoms with van der Waals surface area (Å²) in [5.41, 5.74) is 3.19. The van der Waals surface area contributed by atoms with Gasteiger partial charge in [0.1, 0.15) is 6.04 Å². The van der Waals surface area contributed by atoms with Crippen molar-refractivity contribution in [3.63, 3.8) is 0 Å². The first-order valence-corrected chi connectivity index (χ1v) is 8.12. The summed E-state index contributed by atoms with van der Waals surface area (Å²) in [6.45, 7) is 5.00. The smallest absolute Gasteiger partial charge is 0.246 e. The zero-order chi connectivity index (χ0) is 14.1. The summed E-state index contributed by atoms with van der Waals surface area (Å²) in [7, 11) is 0. The number of amides is 1. The van der Waals surface area contributed by atoms with Gasteiger partial charge in [0.25, 0.3) is 0 Å². The number of nitrogens with zero attached hydrogens (tertiary/aromatic N) is 1. The lowest BCUT2D eigenvalue weighted by Crippen LogP contribution is -2.29. The number of nitrogens with one attached hydrogen (secondary N) is 2. The molecule has 4 nitrogen and oxygen atoms in total. The third-order valence-corrected chi connectivity index (χ3v) is 4.69. The lowest BCUT2D eigenvalue weighted by atomic mass is 10.1. The Balaban J connectivity index is 1.93. The number of hydrogen-bond acceptors (Lipinski definition) is 3. The quantitative estimate of drug-likeness (QED) is 0.890. The number of hydrogen-bond donors (Lipinski definition) is 2. The second-order valence-electron chi connectivity index (χ2n) is 5.42. The highest BCUT2D eigenvalue weighted by Gasteiger charge is 2.31. The normalized spacial score (nSPS) is 21.8. The fraction of sp³-hybridized carbons (Fsp3) is 0.533. The minimum atomic E-state index is -0.221. The minimum absolute atomic E-state index is 0.0459. The topological polar surface area (TPSA) is 44.4 Å². The molecule has 0 aliphatic carbocycles. The maximum absolute atomic E-state index is 12.0. The molecule has 1 atom stereocenters. The van der Waals surface area contributed by atoms with Crippen molar-refractivity contribution in [1.82, 2.24) is 5.32 Å². The average Bonchev–Trinajstić information content (AvgIpc) is 2.75. The van der Waals surface area contributed by atoms with Crippen LogP contribution in [0.3, 0.4) is 0 Å². The lowest BCUT2D eigenvalue weighted by molar-refractivity contribution is -0.117. The van der Waals surface area contributed by atoms with Crippen LogP contribution in [0.4, 0.5) is 11.4 Å². The molecule has 1 amide bonds. The number of likely N-dealkylation sites (N-methyl/N-ethyl adjacent to an activating group) is 1. The maximum Gasteiger partial charge on any atom is 0.246 e. The van der Waals surface area contributed by atoms with Crippen LogP contribution >= 0.6 is 15.9 Å². The van der Waals surface area contributed by atoms with Crippen molar-refractivity contribution in [1.29, 1.82) is 0 Å². The molecule has 0 radical (unpaired) electrons. The molecule has 3 rings (SSSR count). The molecular formula is C15H20BrN3O. The number of benzene rings is 1. The Morgan fingerprint density at radius 1 is 1.35 bits per heavy atom. The number of halogens is 1. The fourth-order valence-electron chi connectivity index (χ4n) is 3.05. The number of carbonyl (C=O) groups is 1. The number of rotatable bonds is 3. The molecule has 1 unspecified atom stereocenters. The molecule has 2 N–H and O–H groups in total. The Morgan fingerprint density at radius 2 is 2.10 bits per heavy atom. The monoisotopic (exact) mass is 337 g/mol. The van der Waals surface area contributed by atoms with Crippen LogP contribution < -0.4 is 15.5 Å². The second-order valence-corrected chi connectivity index (χ2v) is 6.27. The van der Waals surface area contributed by atoms with Gasteiger partial charge in [-0.3, -0.25) is 4.79 Å². The molecule has 0 bridgehead atoms. The van der Waals surface area contributed by atoms with Gasteiger partial charge in [0.15, 0.2) is 0 Å². The number of anilines is 2. The second kappa shape index (κ2) is 5.74. The van der Waals surface area contributed by atoms with Crippen LogP contribution in [0.2, 0.25) is 0 Å². The Bertz CT molecular complexity index is 526. The zero-order valence-corrected chi connectivity index (χ0v) is 13.3. The molecule has 20 heavy (non-hydrogen) atoms. The van der Waals surface area contributed by atoms with Crippen LogP contribution in [-0.2, 0) is 4.79 Å². The van der Waals surface area contributed by atoms with Crippen LogP contribution in [0.25, 0.3) is 0 Å². The van der Waals surface area contributed by atoms with Crippen molar-refractivity contribution >= 4 is 33.2 Å². The summed E-state index contributed by atoms with van der Waals surface area (Å²) in [5, 5.41) is 6.22. The van der Waals surface area contributed by atoms with Gasteiger partial charge in [0.2, 0.25) is 5.91 Å². The van der Waals surface area contributed by atoms with Crippen molar-refractivity contribution in [3.05, 3.63) is 22.2 Å². The van der Waals surface area contributed by atoms with E-state index in [9.17, 15) is 4.79 Å². The van der Waals surface area contributed by atoms with E-state index in [1.807, 2.05) is 6.92 Å². The highest BCUT2D eigenvalue weighted by atomic mass is 79.9. The maximum atomic E-state index is 12.0. The Labute approximate surface area is 128 Å². The van der Waals surface area contributed by atoms with E-state index in [0.29, 0.717) is 0 Å². The predicted molar refractivity (Wildman–Crippen MR) is 85.3 cm³/mol. The van der Waals surface area contributed by atoms with Crippen molar-refractivity contribution < 1.29 is 4.79 Å². The predicted octanol–water partition coefficient (Wildman–Crippen LogP) is 3.04. The minimum Gasteiger partial charge on any atom is -0.371 e. The van der Waals surface area contributed by atoms with E-state index < -0.39 is 0 Å². The molecule has 2 heterocycles. The van der Waals surface area contributed by atoms with E-state index in [1.165, 1.54) is 24.9 Å². The first kappa shape index (κ1) is 13.9. The lowest BCUT2D eigenvalue weighted by Gasteiger charge is -2.30. The van der Waals surface area contributed by atoms with E-state index >= 15 is 0 Å². The average molecular weight is 338 g/mol. The van der Waals surface area contributed by atoms with Gasteiger partial charge in [0.05, 0.1) is 5.69 Å². The molecule has 5 heteroatoms. The molecule has 0 aromatic heterocycles. The molecule has 0 spiro atoms. The SMILES string of the molecule is CCNC1C(=O)Nc2cc(N3CCCCC3)c(Br)cc21. The summed E-state index contributed by atoms with van der Waals surface area (Å²) in [6, 6.07) is 3.98. The molecule has 1 aromatic rings. The van der Waals surface area contributed by atoms with Crippen molar-refractivity contribution in [2.45, 2.75) is 32.2 Å². The molecule has 2 aliphatic rings. The molecule has 1 aromatic carbocycles. The van der Waals surface area contributed by atoms with Crippen LogP contribution in [0.15, 0.2) is 16.6 Å². The van der Waals surface area contributed by atoms with Crippen molar-refractivity contribution in [3.8, 4) is 0 Å². The summed E-state index contributed by atoms with van der Waals surface area (Å²) in [6.07, 6.45) is 3.81. The molecule has 1 fully saturated rings. The fourth-order valence-corrected chi connectivity index (χ4v) is 3.67. The summed E-state index contributed by atoms with van der Waals surface area (Å²) in [5.74, 6) is 0.0459. The number of piperidine rings is 1. The zero-order valence-electron chi connectivity index (χ0n) is 11.7. The van der Waals surface area contributed by atoms with Gasteiger partial charge < -0.3 is 15.5 Å².